The van der Waals surface area contributed by atoms with Crippen LogP contribution in [0.1, 0.15) is 18.4 Å². The first-order chi connectivity index (χ1) is 4.30. The van der Waals surface area contributed by atoms with Crippen LogP contribution in [0.4, 0.5) is 0 Å². The third-order valence-electron chi connectivity index (χ3n) is 1.37. The number of hydrogen-bond acceptors (Lipinski definition) is 0. The Morgan fingerprint density at radius 3 is 2.00 bits per heavy atom. The molecule has 1 unspecified atom stereocenters. The second kappa shape index (κ2) is 4.60. The summed E-state index contributed by atoms with van der Waals surface area (Å²) in [6.45, 7) is 6.00. The van der Waals surface area contributed by atoms with Gasteiger partial charge in [0.15, 0.2) is 0 Å². The second-order valence-electron chi connectivity index (χ2n) is 2.31. The second-order valence-corrected chi connectivity index (χ2v) is 2.31. The van der Waals surface area contributed by atoms with E-state index in [9.17, 15) is 0 Å². The van der Waals surface area contributed by atoms with E-state index in [-0.39, 0.29) is 18.9 Å². The Bertz CT molecular complexity index is 167. The monoisotopic (exact) mass is 126 g/mol. The third kappa shape index (κ3) is 2.60. The average Bonchev–Trinajstić information content (AvgIpc) is 1.90. The van der Waals surface area contributed by atoms with Crippen molar-refractivity contribution in [3.8, 4) is 0 Å². The molecule has 0 fully saturated rings. The van der Waals surface area contributed by atoms with E-state index < -0.39 is 0 Å². The molecule has 0 aliphatic rings. The molecule has 0 aliphatic heterocycles. The van der Waals surface area contributed by atoms with Crippen LogP contribution < -0.4 is 18.9 Å². The van der Waals surface area contributed by atoms with Gasteiger partial charge in [-0.3, -0.25) is 0 Å². The maximum atomic E-state index is 3.91. The molecule has 1 aromatic carbocycles. The summed E-state index contributed by atoms with van der Waals surface area (Å²) in [5, 5.41) is 0. The van der Waals surface area contributed by atoms with Gasteiger partial charge in [0.2, 0.25) is 0 Å². The van der Waals surface area contributed by atoms with Gasteiger partial charge < -0.3 is 6.92 Å². The van der Waals surface area contributed by atoms with Crippen molar-refractivity contribution in [2.45, 2.75) is 12.8 Å². The predicted octanol–water partition coefficient (Wildman–Crippen LogP) is -0.372. The Kier molecular flexibility index (Phi) is 4.52. The smallest absolute Gasteiger partial charge is 0.336 e. The molecular weight excluding hydrogens is 115 g/mol. The molecule has 0 nitrogen and oxygen atoms in total. The molecule has 0 saturated carbocycles. The van der Waals surface area contributed by atoms with Gasteiger partial charge in [-0.05, 0) is 0 Å². The van der Waals surface area contributed by atoms with Crippen LogP contribution in [0, 0.1) is 6.92 Å². The fourth-order valence-corrected chi connectivity index (χ4v) is 0.782. The van der Waals surface area contributed by atoms with E-state index in [1.54, 1.807) is 0 Å². The molecule has 0 saturated heterocycles. The van der Waals surface area contributed by atoms with E-state index in [0.717, 1.165) is 0 Å². The maximum absolute atomic E-state index is 3.91. The summed E-state index contributed by atoms with van der Waals surface area (Å²) in [5.41, 5.74) is 1.30. The minimum Gasteiger partial charge on any atom is -0.336 e. The maximum Gasteiger partial charge on any atom is 1.00 e. The van der Waals surface area contributed by atoms with Crippen LogP contribution in [0.2, 0.25) is 0 Å². The third-order valence-corrected chi connectivity index (χ3v) is 1.37. The summed E-state index contributed by atoms with van der Waals surface area (Å²) < 4.78 is 0. The first kappa shape index (κ1) is 9.82. The van der Waals surface area contributed by atoms with Crippen LogP contribution in [-0.4, -0.2) is 0 Å². The number of rotatable bonds is 1. The van der Waals surface area contributed by atoms with Gasteiger partial charge in [0.05, 0.1) is 0 Å². The molecule has 0 spiro atoms. The van der Waals surface area contributed by atoms with Crippen molar-refractivity contribution >= 4 is 0 Å². The SMILES string of the molecule is [CH2-]C(C)c1ccccc1.[Li+]. The standard InChI is InChI=1S/C9H11.Li/c1-8(2)9-6-4-3-5-7-9;/h3-8H,1H2,2H3;/q-1;+1. The molecule has 0 N–H and O–H groups in total. The Balaban J connectivity index is 0.000000810. The van der Waals surface area contributed by atoms with Crippen LogP contribution in [0.5, 0.6) is 0 Å². The van der Waals surface area contributed by atoms with Gasteiger partial charge >= 0.3 is 18.9 Å². The van der Waals surface area contributed by atoms with Gasteiger partial charge in [0, 0.05) is 0 Å². The molecule has 0 aromatic heterocycles. The Morgan fingerprint density at radius 2 is 1.70 bits per heavy atom. The van der Waals surface area contributed by atoms with Gasteiger partial charge in [-0.25, -0.2) is 0 Å². The first-order valence-corrected chi connectivity index (χ1v) is 3.18. The molecule has 0 bridgehead atoms. The molecule has 0 aliphatic carbocycles. The van der Waals surface area contributed by atoms with Crippen LogP contribution in [0.15, 0.2) is 30.3 Å². The van der Waals surface area contributed by atoms with E-state index in [0.29, 0.717) is 5.92 Å². The fourth-order valence-electron chi connectivity index (χ4n) is 0.782. The van der Waals surface area contributed by atoms with Crippen molar-refractivity contribution < 1.29 is 18.9 Å². The van der Waals surface area contributed by atoms with Crippen LogP contribution in [0.3, 0.4) is 0 Å². The van der Waals surface area contributed by atoms with Crippen molar-refractivity contribution in [3.05, 3.63) is 42.8 Å². The Morgan fingerprint density at radius 1 is 1.20 bits per heavy atom. The summed E-state index contributed by atoms with van der Waals surface area (Å²) in [6.07, 6.45) is 0. The summed E-state index contributed by atoms with van der Waals surface area (Å²) in [5.74, 6) is 0.409. The molecule has 48 valence electrons. The molecule has 1 rings (SSSR count). The quantitative estimate of drug-likeness (QED) is 0.355. The largest absolute Gasteiger partial charge is 1.00 e. The molecule has 1 aromatic rings. The molecule has 0 heterocycles. The van der Waals surface area contributed by atoms with Crippen LogP contribution >= 0.6 is 0 Å². The zero-order valence-electron chi connectivity index (χ0n) is 6.67. The molecule has 0 amide bonds. The Hall–Kier alpha value is -0.183. The van der Waals surface area contributed by atoms with Crippen molar-refractivity contribution in [3.63, 3.8) is 0 Å². The van der Waals surface area contributed by atoms with Gasteiger partial charge in [-0.1, -0.05) is 42.8 Å². The minimum atomic E-state index is 0. The summed E-state index contributed by atoms with van der Waals surface area (Å²) >= 11 is 0. The molecule has 1 heteroatoms. The van der Waals surface area contributed by atoms with E-state index >= 15 is 0 Å². The van der Waals surface area contributed by atoms with E-state index in [4.69, 9.17) is 0 Å². The Labute approximate surface area is 74.8 Å². The minimum absolute atomic E-state index is 0. The first-order valence-electron chi connectivity index (χ1n) is 3.18. The topological polar surface area (TPSA) is 0 Å². The molecular formula is C9H11Li. The summed E-state index contributed by atoms with van der Waals surface area (Å²) in [6, 6.07) is 10.3. The van der Waals surface area contributed by atoms with Gasteiger partial charge in [-0.15, -0.1) is 5.92 Å². The van der Waals surface area contributed by atoms with Crippen molar-refractivity contribution in [1.29, 1.82) is 0 Å². The number of benzene rings is 1. The van der Waals surface area contributed by atoms with Gasteiger partial charge in [-0.2, -0.15) is 0 Å². The molecule has 10 heavy (non-hydrogen) atoms. The summed E-state index contributed by atoms with van der Waals surface area (Å²) in [7, 11) is 0. The van der Waals surface area contributed by atoms with E-state index in [1.807, 2.05) is 18.2 Å². The zero-order chi connectivity index (χ0) is 6.69. The average molecular weight is 126 g/mol. The summed E-state index contributed by atoms with van der Waals surface area (Å²) in [4.78, 5) is 0. The van der Waals surface area contributed by atoms with E-state index in [2.05, 4.69) is 26.0 Å². The fraction of sp³-hybridized carbons (Fsp3) is 0.222. The molecule has 1 atom stereocenters. The number of hydrogen-bond donors (Lipinski definition) is 0. The van der Waals surface area contributed by atoms with Gasteiger partial charge in [0.25, 0.3) is 0 Å². The zero-order valence-corrected chi connectivity index (χ0v) is 6.67. The normalized spacial score (nSPS) is 11.8. The molecule has 0 radical (unpaired) electrons. The predicted molar refractivity (Wildman–Crippen MR) is 40.2 cm³/mol. The van der Waals surface area contributed by atoms with Crippen molar-refractivity contribution in [2.24, 2.45) is 0 Å². The van der Waals surface area contributed by atoms with Gasteiger partial charge in [0.1, 0.15) is 0 Å². The van der Waals surface area contributed by atoms with E-state index in [1.165, 1.54) is 5.56 Å². The van der Waals surface area contributed by atoms with Crippen molar-refractivity contribution in [1.82, 2.24) is 0 Å². The van der Waals surface area contributed by atoms with Crippen LogP contribution in [-0.2, 0) is 0 Å². The van der Waals surface area contributed by atoms with Crippen LogP contribution in [0.25, 0.3) is 0 Å². The van der Waals surface area contributed by atoms with Crippen molar-refractivity contribution in [2.75, 3.05) is 0 Å².